The van der Waals surface area contributed by atoms with Crippen molar-refractivity contribution < 1.29 is 9.18 Å². The van der Waals surface area contributed by atoms with Gasteiger partial charge in [0.25, 0.3) is 5.91 Å². The lowest BCUT2D eigenvalue weighted by Crippen LogP contribution is -2.08. The van der Waals surface area contributed by atoms with Crippen LogP contribution in [-0.4, -0.2) is 15.7 Å². The number of thiophene rings is 1. The molecule has 0 saturated heterocycles. The van der Waals surface area contributed by atoms with Gasteiger partial charge in [-0.1, -0.05) is 12.1 Å². The zero-order valence-electron chi connectivity index (χ0n) is 10.8. The van der Waals surface area contributed by atoms with Crippen LogP contribution in [0.5, 0.6) is 0 Å². The van der Waals surface area contributed by atoms with Gasteiger partial charge in [0.1, 0.15) is 10.6 Å². The first kappa shape index (κ1) is 12.8. The summed E-state index contributed by atoms with van der Waals surface area (Å²) in [6, 6.07) is 8.06. The number of primary amides is 1. The molecule has 0 aliphatic carbocycles. The van der Waals surface area contributed by atoms with Gasteiger partial charge >= 0.3 is 0 Å². The summed E-state index contributed by atoms with van der Waals surface area (Å²) in [4.78, 5) is 12.7. The summed E-state index contributed by atoms with van der Waals surface area (Å²) in [5.41, 5.74) is 7.11. The first-order valence-corrected chi connectivity index (χ1v) is 6.87. The molecular weight excluding hydrogens is 277 g/mol. The van der Waals surface area contributed by atoms with E-state index in [9.17, 15) is 9.18 Å². The molecule has 0 fully saturated rings. The maximum absolute atomic E-state index is 12.9. The second-order valence-electron chi connectivity index (χ2n) is 4.56. The number of rotatable bonds is 3. The number of fused-ring (bicyclic) bond motifs is 1. The highest BCUT2D eigenvalue weighted by Crippen LogP contribution is 2.28. The van der Waals surface area contributed by atoms with Gasteiger partial charge < -0.3 is 5.73 Å². The summed E-state index contributed by atoms with van der Waals surface area (Å²) in [6.07, 6.45) is 0. The molecule has 3 aromatic rings. The van der Waals surface area contributed by atoms with Crippen molar-refractivity contribution in [2.75, 3.05) is 0 Å². The molecule has 6 heteroatoms. The molecule has 0 unspecified atom stereocenters. The highest BCUT2D eigenvalue weighted by atomic mass is 32.1. The molecule has 0 radical (unpaired) electrons. The summed E-state index contributed by atoms with van der Waals surface area (Å²) in [5, 5.41) is 5.39. The molecule has 3 rings (SSSR count). The molecule has 20 heavy (non-hydrogen) atoms. The highest BCUT2D eigenvalue weighted by Gasteiger charge is 2.14. The van der Waals surface area contributed by atoms with Crippen molar-refractivity contribution in [1.82, 2.24) is 9.78 Å². The van der Waals surface area contributed by atoms with E-state index in [1.807, 2.05) is 11.6 Å². The van der Waals surface area contributed by atoms with Gasteiger partial charge in [-0.3, -0.25) is 9.48 Å². The number of carbonyl (C=O) groups is 1. The standard InChI is InChI=1S/C14H12FN3OS/c1-8-11-6-12(13(16)19)20-14(11)18(17-8)7-9-2-4-10(15)5-3-9/h2-6H,7H2,1H3,(H2,16,19). The SMILES string of the molecule is Cc1nn(Cc2ccc(F)cc2)c2sc(C(N)=O)cc12. The first-order valence-electron chi connectivity index (χ1n) is 6.06. The van der Waals surface area contributed by atoms with Gasteiger partial charge in [0.05, 0.1) is 17.1 Å². The zero-order valence-corrected chi connectivity index (χ0v) is 11.6. The highest BCUT2D eigenvalue weighted by molar-refractivity contribution is 7.20. The fourth-order valence-electron chi connectivity index (χ4n) is 2.10. The van der Waals surface area contributed by atoms with Crippen LogP contribution < -0.4 is 5.73 Å². The molecule has 4 nitrogen and oxygen atoms in total. The summed E-state index contributed by atoms with van der Waals surface area (Å²) in [5.74, 6) is -0.693. The molecule has 0 aliphatic rings. The van der Waals surface area contributed by atoms with E-state index in [0.29, 0.717) is 11.4 Å². The number of amides is 1. The van der Waals surface area contributed by atoms with E-state index in [2.05, 4.69) is 5.10 Å². The fraction of sp³-hybridized carbons (Fsp3) is 0.143. The van der Waals surface area contributed by atoms with Crippen LogP contribution in [0.2, 0.25) is 0 Å². The average Bonchev–Trinajstić information content (AvgIpc) is 2.95. The third-order valence-electron chi connectivity index (χ3n) is 3.10. The van der Waals surface area contributed by atoms with Crippen LogP contribution in [0.4, 0.5) is 4.39 Å². The van der Waals surface area contributed by atoms with E-state index in [1.165, 1.54) is 23.5 Å². The Labute approximate surface area is 118 Å². The minimum absolute atomic E-state index is 0.261. The normalized spacial score (nSPS) is 11.1. The molecule has 102 valence electrons. The number of aryl methyl sites for hydroxylation is 1. The topological polar surface area (TPSA) is 60.9 Å². The Balaban J connectivity index is 2.02. The van der Waals surface area contributed by atoms with E-state index in [-0.39, 0.29) is 5.82 Å². The molecule has 0 aliphatic heterocycles. The van der Waals surface area contributed by atoms with E-state index in [1.54, 1.807) is 18.2 Å². The Bertz CT molecular complexity index is 789. The molecule has 1 aromatic carbocycles. The van der Waals surface area contributed by atoms with Crippen LogP contribution >= 0.6 is 11.3 Å². The molecule has 0 spiro atoms. The van der Waals surface area contributed by atoms with Crippen molar-refractivity contribution >= 4 is 27.5 Å². The number of hydrogen-bond acceptors (Lipinski definition) is 3. The predicted octanol–water partition coefficient (Wildman–Crippen LogP) is 2.69. The Morgan fingerprint density at radius 2 is 2.10 bits per heavy atom. The number of carbonyl (C=O) groups excluding carboxylic acids is 1. The number of hydrogen-bond donors (Lipinski definition) is 1. The lowest BCUT2D eigenvalue weighted by Gasteiger charge is -2.02. The second-order valence-corrected chi connectivity index (χ2v) is 5.59. The number of halogens is 1. The quantitative estimate of drug-likeness (QED) is 0.806. The molecule has 2 aromatic heterocycles. The van der Waals surface area contributed by atoms with Crippen molar-refractivity contribution in [1.29, 1.82) is 0 Å². The minimum Gasteiger partial charge on any atom is -0.365 e. The summed E-state index contributed by atoms with van der Waals surface area (Å²) >= 11 is 1.33. The molecule has 1 amide bonds. The van der Waals surface area contributed by atoms with Gasteiger partial charge in [-0.2, -0.15) is 5.10 Å². The van der Waals surface area contributed by atoms with Crippen molar-refractivity contribution in [3.8, 4) is 0 Å². The Kier molecular flexibility index (Phi) is 3.02. The Morgan fingerprint density at radius 1 is 1.40 bits per heavy atom. The summed E-state index contributed by atoms with van der Waals surface area (Å²) in [7, 11) is 0. The van der Waals surface area contributed by atoms with Crippen molar-refractivity contribution in [2.45, 2.75) is 13.5 Å². The number of aromatic nitrogens is 2. The van der Waals surface area contributed by atoms with Gasteiger partial charge in [-0.05, 0) is 30.7 Å². The van der Waals surface area contributed by atoms with Crippen LogP contribution in [-0.2, 0) is 6.54 Å². The minimum atomic E-state index is -0.432. The van der Waals surface area contributed by atoms with Crippen LogP contribution in [0.1, 0.15) is 20.9 Å². The number of nitrogens with two attached hydrogens (primary N) is 1. The number of nitrogens with zero attached hydrogens (tertiary/aromatic N) is 2. The maximum atomic E-state index is 12.9. The van der Waals surface area contributed by atoms with Crippen molar-refractivity contribution in [2.24, 2.45) is 5.73 Å². The molecule has 0 atom stereocenters. The van der Waals surface area contributed by atoms with E-state index in [4.69, 9.17) is 5.73 Å². The average molecular weight is 289 g/mol. The van der Waals surface area contributed by atoms with Gasteiger partial charge in [0.2, 0.25) is 0 Å². The van der Waals surface area contributed by atoms with Crippen molar-refractivity contribution in [3.05, 3.63) is 52.3 Å². The molecule has 2 heterocycles. The maximum Gasteiger partial charge on any atom is 0.258 e. The van der Waals surface area contributed by atoms with Gasteiger partial charge in [0, 0.05) is 5.39 Å². The molecule has 0 bridgehead atoms. The van der Waals surface area contributed by atoms with Gasteiger partial charge in [-0.25, -0.2) is 4.39 Å². The van der Waals surface area contributed by atoms with Crippen LogP contribution in [0.15, 0.2) is 30.3 Å². The fourth-order valence-corrected chi connectivity index (χ4v) is 3.12. The summed E-state index contributed by atoms with van der Waals surface area (Å²) < 4.78 is 14.7. The Hall–Kier alpha value is -2.21. The van der Waals surface area contributed by atoms with Crippen LogP contribution in [0, 0.1) is 12.7 Å². The lowest BCUT2D eigenvalue weighted by molar-refractivity contribution is 0.100. The largest absolute Gasteiger partial charge is 0.365 e. The van der Waals surface area contributed by atoms with E-state index < -0.39 is 5.91 Å². The Morgan fingerprint density at radius 3 is 2.75 bits per heavy atom. The van der Waals surface area contributed by atoms with Crippen LogP contribution in [0.3, 0.4) is 0 Å². The number of benzene rings is 1. The molecule has 0 saturated carbocycles. The lowest BCUT2D eigenvalue weighted by atomic mass is 10.2. The third-order valence-corrected chi connectivity index (χ3v) is 4.26. The smallest absolute Gasteiger partial charge is 0.258 e. The second kappa shape index (κ2) is 4.72. The zero-order chi connectivity index (χ0) is 14.3. The molecular formula is C14H12FN3OS. The van der Waals surface area contributed by atoms with Crippen LogP contribution in [0.25, 0.3) is 10.2 Å². The first-order chi connectivity index (χ1) is 9.54. The predicted molar refractivity (Wildman–Crippen MR) is 76.4 cm³/mol. The molecule has 2 N–H and O–H groups in total. The van der Waals surface area contributed by atoms with E-state index in [0.717, 1.165) is 21.5 Å². The third kappa shape index (κ3) is 2.18. The van der Waals surface area contributed by atoms with Crippen molar-refractivity contribution in [3.63, 3.8) is 0 Å². The van der Waals surface area contributed by atoms with Gasteiger partial charge in [0.15, 0.2) is 0 Å². The summed E-state index contributed by atoms with van der Waals surface area (Å²) in [6.45, 7) is 2.42. The monoisotopic (exact) mass is 289 g/mol. The van der Waals surface area contributed by atoms with E-state index >= 15 is 0 Å². The van der Waals surface area contributed by atoms with Gasteiger partial charge in [-0.15, -0.1) is 11.3 Å².